The first kappa shape index (κ1) is 23.2. The molecule has 1 aromatic heterocycles. The van der Waals surface area contributed by atoms with E-state index < -0.39 is 51.7 Å². The summed E-state index contributed by atoms with van der Waals surface area (Å²) in [5.41, 5.74) is -4.68. The summed E-state index contributed by atoms with van der Waals surface area (Å²) in [5.74, 6) is -2.41. The first-order valence-electron chi connectivity index (χ1n) is 12.3. The Morgan fingerprint density at radius 3 is 2.51 bits per heavy atom. The second kappa shape index (κ2) is 6.75. The Bertz CT molecular complexity index is 1110. The number of Topliss-reactive ketones (excluding diaryl/α,β-unsaturated/α-hetero) is 1. The van der Waals surface area contributed by atoms with Crippen LogP contribution < -0.4 is 5.11 Å². The zero-order valence-corrected chi connectivity index (χ0v) is 20.4. The summed E-state index contributed by atoms with van der Waals surface area (Å²) in [7, 11) is 0. The smallest absolute Gasteiger partial charge is 0.308 e. The molecular weight excluding hydrogens is 456 g/mol. The molecule has 2 spiro atoms. The number of carbonyl (C=O) groups excluding carboxylic acids is 3. The van der Waals surface area contributed by atoms with Crippen LogP contribution in [0.1, 0.15) is 65.0 Å². The number of aliphatic hydroxyl groups excluding tert-OH is 1. The maximum absolute atomic E-state index is 14.2. The molecule has 1 aromatic rings. The molecular formula is C26H31O9-. The zero-order valence-electron chi connectivity index (χ0n) is 20.4. The van der Waals surface area contributed by atoms with E-state index in [1.165, 1.54) is 12.5 Å². The highest BCUT2D eigenvalue weighted by molar-refractivity contribution is 5.92. The molecule has 0 radical (unpaired) electrons. The molecule has 2 aliphatic carbocycles. The van der Waals surface area contributed by atoms with Crippen molar-refractivity contribution in [1.82, 2.24) is 0 Å². The molecule has 1 N–H and O–H groups in total. The van der Waals surface area contributed by atoms with Crippen molar-refractivity contribution in [3.05, 3.63) is 24.2 Å². The summed E-state index contributed by atoms with van der Waals surface area (Å²) in [4.78, 5) is 38.7. The molecule has 190 valence electrons. The minimum absolute atomic E-state index is 0.0907. The van der Waals surface area contributed by atoms with E-state index >= 15 is 0 Å². The molecule has 0 amide bonds. The lowest BCUT2D eigenvalue weighted by molar-refractivity contribution is -0.307. The van der Waals surface area contributed by atoms with E-state index in [4.69, 9.17) is 18.6 Å². The van der Waals surface area contributed by atoms with Crippen LogP contribution >= 0.6 is 0 Å². The van der Waals surface area contributed by atoms with E-state index in [0.29, 0.717) is 18.4 Å². The summed E-state index contributed by atoms with van der Waals surface area (Å²) < 4.78 is 23.3. The van der Waals surface area contributed by atoms with Crippen molar-refractivity contribution in [3.8, 4) is 0 Å². The summed E-state index contributed by atoms with van der Waals surface area (Å²) in [5, 5.41) is 23.8. The molecule has 0 aromatic carbocycles. The van der Waals surface area contributed by atoms with Crippen molar-refractivity contribution >= 4 is 17.7 Å². The standard InChI is InChI=1S/C26H32O9/c1-22(2)15-9-16(27)24(4)14(25(15)12-33-18(28)10-17(25)34-22)5-7-23(3,19(29)13-6-8-32-11-13)26(24)20(35-26)21(30)31/h6,8,11,14-15,17,19-20,29H,5,7,9-10,12H2,1-4H3,(H,30,31)/p-1. The van der Waals surface area contributed by atoms with Crippen molar-refractivity contribution < 1.29 is 43.2 Å². The third-order valence-corrected chi connectivity index (χ3v) is 10.5. The van der Waals surface area contributed by atoms with Gasteiger partial charge in [-0.15, -0.1) is 0 Å². The fourth-order valence-corrected chi connectivity index (χ4v) is 8.98. The van der Waals surface area contributed by atoms with Crippen LogP contribution in [0.4, 0.5) is 0 Å². The number of esters is 1. The molecule has 9 heteroatoms. The van der Waals surface area contributed by atoms with Crippen LogP contribution in [0.3, 0.4) is 0 Å². The van der Waals surface area contributed by atoms with Crippen LogP contribution in [0.15, 0.2) is 23.0 Å². The van der Waals surface area contributed by atoms with Crippen molar-refractivity contribution in [2.75, 3.05) is 6.61 Å². The minimum Gasteiger partial charge on any atom is -0.547 e. The quantitative estimate of drug-likeness (QED) is 0.494. The number of furan rings is 1. The van der Waals surface area contributed by atoms with Crippen LogP contribution in [-0.2, 0) is 28.6 Å². The Hall–Kier alpha value is -2.23. The van der Waals surface area contributed by atoms with E-state index in [0.717, 1.165) is 0 Å². The predicted octanol–water partition coefficient (Wildman–Crippen LogP) is 1.32. The van der Waals surface area contributed by atoms with Gasteiger partial charge in [0.1, 0.15) is 24.1 Å². The maximum atomic E-state index is 14.2. The number of hydrogen-bond acceptors (Lipinski definition) is 9. The SMILES string of the molecule is CC1(C)OC2CC(=O)OCC23C1CC(=O)C1(C)C3CCC(C)(C(O)c2ccoc2)C12OC2C(=O)[O-]. The van der Waals surface area contributed by atoms with Crippen LogP contribution in [0.25, 0.3) is 0 Å². The molecule has 9 atom stereocenters. The number of ether oxygens (including phenoxy) is 3. The highest BCUT2D eigenvalue weighted by atomic mass is 16.6. The summed E-state index contributed by atoms with van der Waals surface area (Å²) >= 11 is 0. The molecule has 3 saturated heterocycles. The maximum Gasteiger partial charge on any atom is 0.308 e. The fraction of sp³-hybridized carbons (Fsp3) is 0.731. The van der Waals surface area contributed by atoms with Crippen molar-refractivity contribution in [2.45, 2.75) is 82.9 Å². The number of carbonyl (C=O) groups is 3. The number of hydrogen-bond donors (Lipinski definition) is 1. The molecule has 3 aliphatic heterocycles. The Morgan fingerprint density at radius 1 is 1.14 bits per heavy atom. The Balaban J connectivity index is 1.53. The summed E-state index contributed by atoms with van der Waals surface area (Å²) in [6, 6.07) is 1.63. The van der Waals surface area contributed by atoms with Crippen molar-refractivity contribution in [2.24, 2.45) is 28.1 Å². The molecule has 9 nitrogen and oxygen atoms in total. The number of aliphatic hydroxyl groups is 1. The van der Waals surface area contributed by atoms with Gasteiger partial charge in [0, 0.05) is 28.7 Å². The van der Waals surface area contributed by atoms with E-state index in [-0.39, 0.29) is 43.0 Å². The first-order valence-corrected chi connectivity index (χ1v) is 12.3. The minimum atomic E-state index is -1.49. The Morgan fingerprint density at radius 2 is 1.89 bits per heavy atom. The lowest BCUT2D eigenvalue weighted by atomic mass is 9.37. The number of carboxylic acids is 1. The molecule has 35 heavy (non-hydrogen) atoms. The molecule has 9 unspecified atom stereocenters. The number of ketones is 1. The van der Waals surface area contributed by atoms with E-state index in [9.17, 15) is 24.6 Å². The lowest BCUT2D eigenvalue weighted by Gasteiger charge is -2.64. The van der Waals surface area contributed by atoms with Gasteiger partial charge in [0.25, 0.3) is 0 Å². The van der Waals surface area contributed by atoms with Crippen molar-refractivity contribution in [1.29, 1.82) is 0 Å². The second-order valence-corrected chi connectivity index (χ2v) is 12.1. The molecule has 5 aliphatic rings. The van der Waals surface area contributed by atoms with Gasteiger partial charge in [-0.1, -0.05) is 6.92 Å². The summed E-state index contributed by atoms with van der Waals surface area (Å²) in [6.07, 6.45) is 1.11. The van der Waals surface area contributed by atoms with Gasteiger partial charge in [0.05, 0.1) is 48.1 Å². The number of epoxide rings is 1. The fourth-order valence-electron chi connectivity index (χ4n) is 8.98. The van der Waals surface area contributed by atoms with Gasteiger partial charge < -0.3 is 33.6 Å². The number of rotatable bonds is 3. The average Bonchev–Trinajstić information content (AvgIpc) is 3.25. The third kappa shape index (κ3) is 2.47. The molecule has 2 saturated carbocycles. The predicted molar refractivity (Wildman–Crippen MR) is 115 cm³/mol. The Kier molecular flexibility index (Phi) is 4.47. The van der Waals surface area contributed by atoms with Gasteiger partial charge in [0.15, 0.2) is 0 Å². The van der Waals surface area contributed by atoms with Gasteiger partial charge in [-0.25, -0.2) is 0 Å². The molecule has 5 fully saturated rings. The van der Waals surface area contributed by atoms with Gasteiger partial charge >= 0.3 is 5.97 Å². The van der Waals surface area contributed by atoms with Gasteiger partial charge in [-0.3, -0.25) is 9.59 Å². The highest BCUT2D eigenvalue weighted by Gasteiger charge is 2.86. The van der Waals surface area contributed by atoms with E-state index in [2.05, 4.69) is 0 Å². The largest absolute Gasteiger partial charge is 0.547 e. The topological polar surface area (TPSA) is 139 Å². The molecule has 6 rings (SSSR count). The number of fused-ring (bicyclic) bond motifs is 2. The van der Waals surface area contributed by atoms with Crippen LogP contribution in [0, 0.1) is 28.1 Å². The molecule has 0 bridgehead atoms. The first-order chi connectivity index (χ1) is 16.4. The normalized spacial score (nSPS) is 48.5. The van der Waals surface area contributed by atoms with E-state index in [1.54, 1.807) is 19.9 Å². The monoisotopic (exact) mass is 487 g/mol. The van der Waals surface area contributed by atoms with Crippen molar-refractivity contribution in [3.63, 3.8) is 0 Å². The van der Waals surface area contributed by atoms with Gasteiger partial charge in [-0.2, -0.15) is 0 Å². The summed E-state index contributed by atoms with van der Waals surface area (Å²) in [6.45, 7) is 7.58. The highest BCUT2D eigenvalue weighted by Crippen LogP contribution is 2.78. The van der Waals surface area contributed by atoms with Gasteiger partial charge in [-0.05, 0) is 45.6 Å². The average molecular weight is 488 g/mol. The van der Waals surface area contributed by atoms with Gasteiger partial charge in [0.2, 0.25) is 0 Å². The lowest BCUT2D eigenvalue weighted by Crippen LogP contribution is -2.72. The number of aliphatic carboxylic acids is 1. The van der Waals surface area contributed by atoms with E-state index in [1.807, 2.05) is 13.8 Å². The number of cyclic esters (lactones) is 1. The van der Waals surface area contributed by atoms with Crippen LogP contribution in [0.5, 0.6) is 0 Å². The number of carboxylic acid groups (broad SMARTS) is 1. The zero-order chi connectivity index (χ0) is 25.2. The molecule has 4 heterocycles. The Labute approximate surface area is 203 Å². The third-order valence-electron chi connectivity index (χ3n) is 10.5. The van der Waals surface area contributed by atoms with Crippen LogP contribution in [-0.4, -0.2) is 52.8 Å². The van der Waals surface area contributed by atoms with Crippen LogP contribution in [0.2, 0.25) is 0 Å². The second-order valence-electron chi connectivity index (χ2n) is 12.1.